The maximum Gasteiger partial charge on any atom is 0.307 e. The summed E-state index contributed by atoms with van der Waals surface area (Å²) in [6.45, 7) is 6.77. The number of carbonyl (C=O) groups excluding carboxylic acids is 2. The molecule has 1 atom stereocenters. The third kappa shape index (κ3) is 9.63. The lowest BCUT2D eigenvalue weighted by Crippen LogP contribution is -2.39. The zero-order chi connectivity index (χ0) is 20.8. The van der Waals surface area contributed by atoms with E-state index < -0.39 is 6.23 Å². The number of nitrogens with one attached hydrogen (secondary N) is 1. The van der Waals surface area contributed by atoms with E-state index in [4.69, 9.17) is 16.3 Å². The van der Waals surface area contributed by atoms with Gasteiger partial charge in [0.1, 0.15) is 0 Å². The summed E-state index contributed by atoms with van der Waals surface area (Å²) < 4.78 is 5.52. The zero-order valence-corrected chi connectivity index (χ0v) is 18.5. The van der Waals surface area contributed by atoms with Crippen LogP contribution in [0.25, 0.3) is 0 Å². The number of ether oxygens (including phenoxy) is 1. The van der Waals surface area contributed by atoms with E-state index >= 15 is 0 Å². The van der Waals surface area contributed by atoms with E-state index in [-0.39, 0.29) is 11.9 Å². The number of esters is 1. The second-order valence-corrected chi connectivity index (χ2v) is 7.75. The van der Waals surface area contributed by atoms with Crippen molar-refractivity contribution in [2.75, 3.05) is 13.1 Å². The van der Waals surface area contributed by atoms with Crippen molar-refractivity contribution in [1.82, 2.24) is 10.2 Å². The summed E-state index contributed by atoms with van der Waals surface area (Å²) in [7, 11) is 0. The number of hydrogen-bond acceptors (Lipinski definition) is 4. The fourth-order valence-electron chi connectivity index (χ4n) is 3.17. The smallest absolute Gasteiger partial charge is 0.307 e. The molecule has 0 aliphatic carbocycles. The van der Waals surface area contributed by atoms with E-state index in [0.717, 1.165) is 12.8 Å². The molecule has 0 saturated heterocycles. The third-order valence-corrected chi connectivity index (χ3v) is 5.26. The van der Waals surface area contributed by atoms with Crippen LogP contribution >= 0.6 is 11.6 Å². The number of amides is 1. The van der Waals surface area contributed by atoms with Gasteiger partial charge in [-0.05, 0) is 26.3 Å². The Labute approximate surface area is 175 Å². The summed E-state index contributed by atoms with van der Waals surface area (Å²) in [6.07, 6.45) is 14.4. The third-order valence-electron chi connectivity index (χ3n) is 4.91. The lowest BCUT2D eigenvalue weighted by Gasteiger charge is -2.30. The van der Waals surface area contributed by atoms with E-state index in [1.165, 1.54) is 44.9 Å². The first-order valence-electron chi connectivity index (χ1n) is 10.8. The van der Waals surface area contributed by atoms with Gasteiger partial charge in [-0.25, -0.2) is 0 Å². The van der Waals surface area contributed by atoms with Gasteiger partial charge in [0.05, 0.1) is 17.2 Å². The fraction of sp³-hybridized carbons (Fsp3) is 0.727. The van der Waals surface area contributed by atoms with Gasteiger partial charge in [-0.1, -0.05) is 69.9 Å². The highest BCUT2D eigenvalue weighted by Crippen LogP contribution is 2.21. The van der Waals surface area contributed by atoms with Crippen molar-refractivity contribution in [2.45, 2.75) is 91.2 Å². The van der Waals surface area contributed by atoms with E-state index in [1.807, 2.05) is 18.7 Å². The van der Waals surface area contributed by atoms with E-state index in [2.05, 4.69) is 12.2 Å². The van der Waals surface area contributed by atoms with Crippen LogP contribution < -0.4 is 5.32 Å². The summed E-state index contributed by atoms with van der Waals surface area (Å²) >= 11 is 6.13. The minimum Gasteiger partial charge on any atom is -0.442 e. The molecule has 0 aromatic carbocycles. The second kappa shape index (κ2) is 14.5. The topological polar surface area (TPSA) is 58.6 Å². The van der Waals surface area contributed by atoms with Crippen LogP contribution in [0.3, 0.4) is 0 Å². The van der Waals surface area contributed by atoms with Gasteiger partial charge in [-0.15, -0.1) is 0 Å². The van der Waals surface area contributed by atoms with Crippen LogP contribution in [0.1, 0.15) is 85.0 Å². The van der Waals surface area contributed by atoms with Crippen LogP contribution in [0.5, 0.6) is 0 Å². The molecular weight excluding hydrogens is 376 g/mol. The van der Waals surface area contributed by atoms with Gasteiger partial charge in [0.2, 0.25) is 0 Å². The molecule has 0 saturated carbocycles. The quantitative estimate of drug-likeness (QED) is 0.312. The molecule has 1 unspecified atom stereocenters. The molecule has 0 fully saturated rings. The molecule has 1 heterocycles. The van der Waals surface area contributed by atoms with Gasteiger partial charge in [0.25, 0.3) is 5.91 Å². The molecular formula is C22H37ClN2O3. The number of nitrogens with zero attached hydrogens (tertiary/aromatic N) is 1. The Hall–Kier alpha value is -1.49. The minimum atomic E-state index is -0.434. The van der Waals surface area contributed by atoms with Gasteiger partial charge < -0.3 is 15.0 Å². The van der Waals surface area contributed by atoms with Crippen molar-refractivity contribution in [1.29, 1.82) is 0 Å². The molecule has 1 amide bonds. The molecule has 1 aliphatic heterocycles. The largest absolute Gasteiger partial charge is 0.442 e. The molecule has 0 aromatic heterocycles. The highest BCUT2D eigenvalue weighted by atomic mass is 35.5. The summed E-state index contributed by atoms with van der Waals surface area (Å²) in [4.78, 5) is 26.0. The van der Waals surface area contributed by atoms with E-state index in [1.54, 1.807) is 12.3 Å². The molecule has 6 heteroatoms. The van der Waals surface area contributed by atoms with Gasteiger partial charge in [-0.2, -0.15) is 0 Å². The molecule has 1 N–H and O–H groups in total. The number of likely N-dealkylation sites (N-methyl/N-ethyl adjacent to an activating group) is 1. The Morgan fingerprint density at radius 3 is 2.32 bits per heavy atom. The summed E-state index contributed by atoms with van der Waals surface area (Å²) in [6, 6.07) is 0. The predicted molar refractivity (Wildman–Crippen MR) is 115 cm³/mol. The molecule has 0 aromatic rings. The van der Waals surface area contributed by atoms with Crippen molar-refractivity contribution < 1.29 is 14.3 Å². The van der Waals surface area contributed by atoms with Gasteiger partial charge in [-0.3, -0.25) is 9.59 Å². The molecule has 160 valence electrons. The van der Waals surface area contributed by atoms with Crippen LogP contribution in [-0.4, -0.2) is 36.1 Å². The predicted octanol–water partition coefficient (Wildman–Crippen LogP) is 5.25. The maximum absolute atomic E-state index is 12.1. The maximum atomic E-state index is 12.1. The van der Waals surface area contributed by atoms with Gasteiger partial charge in [0.15, 0.2) is 6.23 Å². The fourth-order valence-corrected chi connectivity index (χ4v) is 3.37. The Morgan fingerprint density at radius 2 is 1.71 bits per heavy atom. The molecule has 1 aliphatic rings. The van der Waals surface area contributed by atoms with Gasteiger partial charge in [0, 0.05) is 19.2 Å². The van der Waals surface area contributed by atoms with Crippen LogP contribution in [0.4, 0.5) is 0 Å². The van der Waals surface area contributed by atoms with Crippen LogP contribution in [0.15, 0.2) is 22.9 Å². The molecule has 0 bridgehead atoms. The molecule has 28 heavy (non-hydrogen) atoms. The summed E-state index contributed by atoms with van der Waals surface area (Å²) in [5.74, 6) is -0.376. The van der Waals surface area contributed by atoms with E-state index in [0.29, 0.717) is 30.1 Å². The SMILES string of the molecule is CCCCCCCCCCCC(=O)OC(C)N1C=CC(Cl)=C(C(=O)NCC)C1. The first-order chi connectivity index (χ1) is 13.5. The first-order valence-corrected chi connectivity index (χ1v) is 11.2. The molecule has 5 nitrogen and oxygen atoms in total. The highest BCUT2D eigenvalue weighted by Gasteiger charge is 2.23. The van der Waals surface area contributed by atoms with Crippen molar-refractivity contribution >= 4 is 23.5 Å². The van der Waals surface area contributed by atoms with Crippen LogP contribution in [-0.2, 0) is 14.3 Å². The zero-order valence-electron chi connectivity index (χ0n) is 17.8. The first kappa shape index (κ1) is 24.5. The normalized spacial score (nSPS) is 14.9. The highest BCUT2D eigenvalue weighted by molar-refractivity contribution is 6.33. The summed E-state index contributed by atoms with van der Waals surface area (Å²) in [5, 5.41) is 3.18. The van der Waals surface area contributed by atoms with Crippen LogP contribution in [0, 0.1) is 0 Å². The number of rotatable bonds is 14. The minimum absolute atomic E-state index is 0.185. The standard InChI is InChI=1S/C22H37ClN2O3/c1-4-6-7-8-9-10-11-12-13-14-21(26)28-18(3)25-16-15-20(23)19(17-25)22(27)24-5-2/h15-16,18H,4-14,17H2,1-3H3,(H,24,27). The van der Waals surface area contributed by atoms with Crippen molar-refractivity contribution in [3.8, 4) is 0 Å². The van der Waals surface area contributed by atoms with Crippen LogP contribution in [0.2, 0.25) is 0 Å². The monoisotopic (exact) mass is 412 g/mol. The Kier molecular flexibility index (Phi) is 12.7. The lowest BCUT2D eigenvalue weighted by molar-refractivity contribution is -0.155. The molecule has 0 radical (unpaired) electrons. The Morgan fingerprint density at radius 1 is 1.11 bits per heavy atom. The van der Waals surface area contributed by atoms with E-state index in [9.17, 15) is 9.59 Å². The number of carbonyl (C=O) groups is 2. The number of allylic oxidation sites excluding steroid dienone is 2. The lowest BCUT2D eigenvalue weighted by atomic mass is 10.1. The van der Waals surface area contributed by atoms with Crippen molar-refractivity contribution in [3.05, 3.63) is 22.9 Å². The van der Waals surface area contributed by atoms with Gasteiger partial charge >= 0.3 is 5.97 Å². The average molecular weight is 413 g/mol. The van der Waals surface area contributed by atoms with Crippen molar-refractivity contribution in [3.63, 3.8) is 0 Å². The Bertz CT molecular complexity index is 546. The summed E-state index contributed by atoms with van der Waals surface area (Å²) in [5.41, 5.74) is 0.493. The van der Waals surface area contributed by atoms with Crippen molar-refractivity contribution in [2.24, 2.45) is 0 Å². The number of hydrogen-bond donors (Lipinski definition) is 1. The number of halogens is 1. The Balaban J connectivity index is 2.23. The molecule has 0 spiro atoms. The second-order valence-electron chi connectivity index (χ2n) is 7.34. The number of unbranched alkanes of at least 4 members (excludes halogenated alkanes) is 8. The average Bonchev–Trinajstić information content (AvgIpc) is 2.67. The molecule has 1 rings (SSSR count).